The smallest absolute Gasteiger partial charge is 0.341 e. The van der Waals surface area contributed by atoms with Crippen LogP contribution in [0.5, 0.6) is 17.2 Å². The van der Waals surface area contributed by atoms with Crippen molar-refractivity contribution in [3.63, 3.8) is 0 Å². The van der Waals surface area contributed by atoms with Gasteiger partial charge in [0, 0.05) is 12.1 Å². The summed E-state index contributed by atoms with van der Waals surface area (Å²) in [6.45, 7) is 5.86. The van der Waals surface area contributed by atoms with Gasteiger partial charge in [-0.15, -0.1) is 21.5 Å². The van der Waals surface area contributed by atoms with Gasteiger partial charge in [0.1, 0.15) is 5.00 Å². The van der Waals surface area contributed by atoms with Gasteiger partial charge in [0.15, 0.2) is 22.5 Å². The number of nitrogens with zero attached hydrogens (tertiary/aromatic N) is 3. The zero-order valence-electron chi connectivity index (χ0n) is 21.9. The molecule has 3 N–H and O–H groups in total. The molecule has 14 heteroatoms. The van der Waals surface area contributed by atoms with E-state index in [4.69, 9.17) is 24.7 Å². The zero-order chi connectivity index (χ0) is 28.0. The van der Waals surface area contributed by atoms with Crippen LogP contribution in [0.1, 0.15) is 39.4 Å². The van der Waals surface area contributed by atoms with Crippen molar-refractivity contribution in [1.82, 2.24) is 14.8 Å². The third kappa shape index (κ3) is 5.86. The molecule has 3 rings (SSSR count). The van der Waals surface area contributed by atoms with E-state index in [1.165, 1.54) is 33.1 Å². The maximum Gasteiger partial charge on any atom is 0.341 e. The number of nitrogens with one attached hydrogen (secondary N) is 1. The lowest BCUT2D eigenvalue weighted by molar-refractivity contribution is -0.113. The second kappa shape index (κ2) is 12.6. The maximum absolute atomic E-state index is 12.8. The Morgan fingerprint density at radius 3 is 2.26 bits per heavy atom. The van der Waals surface area contributed by atoms with Gasteiger partial charge in [0.2, 0.25) is 11.7 Å². The number of amides is 2. The van der Waals surface area contributed by atoms with Crippen LogP contribution >= 0.6 is 23.1 Å². The standard InChI is InChI=1S/C24H29N5O7S2/c1-7-29-21(13-9-14(33-4)18(35-6)15(10-13)34-5)27-28-24(29)37-11-16(30)26-22-17(23(32)36-8-2)12(3)19(38-22)20(25)31/h9-10H,7-8,11H2,1-6H3,(H2,25,31)(H,26,30). The minimum atomic E-state index is -0.691. The first-order valence-corrected chi connectivity index (χ1v) is 13.3. The van der Waals surface area contributed by atoms with E-state index < -0.39 is 17.8 Å². The molecule has 0 fully saturated rings. The lowest BCUT2D eigenvalue weighted by atomic mass is 10.1. The van der Waals surface area contributed by atoms with Crippen LogP contribution in [0, 0.1) is 6.92 Å². The molecule has 2 amide bonds. The van der Waals surface area contributed by atoms with Crippen LogP contribution in [0.4, 0.5) is 5.00 Å². The molecule has 0 unspecified atom stereocenters. The van der Waals surface area contributed by atoms with E-state index in [1.54, 1.807) is 26.0 Å². The lowest BCUT2D eigenvalue weighted by Gasteiger charge is -2.14. The van der Waals surface area contributed by atoms with Gasteiger partial charge in [-0.1, -0.05) is 11.8 Å². The Labute approximate surface area is 227 Å². The van der Waals surface area contributed by atoms with Crippen molar-refractivity contribution < 1.29 is 33.3 Å². The number of benzene rings is 1. The first-order chi connectivity index (χ1) is 18.2. The average Bonchev–Trinajstić information content (AvgIpc) is 3.46. The molecule has 12 nitrogen and oxygen atoms in total. The topological polar surface area (TPSA) is 157 Å². The average molecular weight is 564 g/mol. The highest BCUT2D eigenvalue weighted by molar-refractivity contribution is 7.99. The van der Waals surface area contributed by atoms with E-state index in [9.17, 15) is 14.4 Å². The quantitative estimate of drug-likeness (QED) is 0.247. The van der Waals surface area contributed by atoms with Crippen LogP contribution in [-0.2, 0) is 16.1 Å². The molecule has 0 aliphatic carbocycles. The van der Waals surface area contributed by atoms with Crippen molar-refractivity contribution in [2.75, 3.05) is 39.0 Å². The molecule has 0 aliphatic heterocycles. The number of thiophene rings is 1. The fourth-order valence-corrected chi connectivity index (χ4v) is 5.55. The number of primary amides is 1. The van der Waals surface area contributed by atoms with Crippen molar-refractivity contribution in [2.24, 2.45) is 5.73 Å². The molecular weight excluding hydrogens is 534 g/mol. The van der Waals surface area contributed by atoms with Gasteiger partial charge in [-0.3, -0.25) is 9.59 Å². The summed E-state index contributed by atoms with van der Waals surface area (Å²) in [5.74, 6) is 0.189. The summed E-state index contributed by atoms with van der Waals surface area (Å²) in [6, 6.07) is 3.54. The number of nitrogens with two attached hydrogens (primary N) is 1. The van der Waals surface area contributed by atoms with Crippen LogP contribution in [0.25, 0.3) is 11.4 Å². The Hall–Kier alpha value is -3.78. The molecule has 0 saturated carbocycles. The highest BCUT2D eigenvalue weighted by Gasteiger charge is 2.26. The summed E-state index contributed by atoms with van der Waals surface area (Å²) < 4.78 is 23.2. The van der Waals surface area contributed by atoms with Crippen molar-refractivity contribution in [3.05, 3.63) is 28.1 Å². The molecule has 2 heterocycles. The molecule has 0 radical (unpaired) electrons. The van der Waals surface area contributed by atoms with Crippen molar-refractivity contribution >= 4 is 45.9 Å². The molecule has 3 aromatic rings. The van der Waals surface area contributed by atoms with Gasteiger partial charge < -0.3 is 34.6 Å². The molecule has 1 aromatic carbocycles. The summed E-state index contributed by atoms with van der Waals surface area (Å²) in [4.78, 5) is 37.3. The van der Waals surface area contributed by atoms with E-state index >= 15 is 0 Å². The van der Waals surface area contributed by atoms with Crippen LogP contribution in [0.15, 0.2) is 17.3 Å². The third-order valence-corrected chi connectivity index (χ3v) is 7.58. The molecule has 0 spiro atoms. The molecule has 0 atom stereocenters. The summed E-state index contributed by atoms with van der Waals surface area (Å²) in [5, 5.41) is 12.0. The number of thioether (sulfide) groups is 1. The Bertz CT molecular complexity index is 1330. The number of hydrogen-bond acceptors (Lipinski definition) is 11. The molecule has 0 bridgehead atoms. The number of aromatic nitrogens is 3. The van der Waals surface area contributed by atoms with E-state index in [1.807, 2.05) is 11.5 Å². The second-order valence-corrected chi connectivity index (χ2v) is 9.61. The van der Waals surface area contributed by atoms with Gasteiger partial charge in [0.25, 0.3) is 5.91 Å². The number of carbonyl (C=O) groups is 3. The summed E-state index contributed by atoms with van der Waals surface area (Å²) in [5.41, 5.74) is 6.61. The normalized spacial score (nSPS) is 10.7. The predicted octanol–water partition coefficient (Wildman–Crippen LogP) is 3.37. The van der Waals surface area contributed by atoms with Gasteiger partial charge in [-0.25, -0.2) is 4.79 Å². The number of rotatable bonds is 12. The summed E-state index contributed by atoms with van der Waals surface area (Å²) in [7, 11) is 4.58. The number of methoxy groups -OCH3 is 3. The molecule has 0 aliphatic rings. The van der Waals surface area contributed by atoms with E-state index in [0.29, 0.717) is 45.9 Å². The molecule has 204 valence electrons. The van der Waals surface area contributed by atoms with E-state index in [-0.39, 0.29) is 27.8 Å². The Kier molecular flexibility index (Phi) is 9.58. The van der Waals surface area contributed by atoms with Gasteiger partial charge in [-0.2, -0.15) is 0 Å². The van der Waals surface area contributed by atoms with Gasteiger partial charge >= 0.3 is 5.97 Å². The van der Waals surface area contributed by atoms with Crippen LogP contribution in [0.2, 0.25) is 0 Å². The van der Waals surface area contributed by atoms with Gasteiger partial charge in [0.05, 0.1) is 44.1 Å². The fourth-order valence-electron chi connectivity index (χ4n) is 3.68. The van der Waals surface area contributed by atoms with E-state index in [2.05, 4.69) is 15.5 Å². The molecule has 38 heavy (non-hydrogen) atoms. The Morgan fingerprint density at radius 2 is 1.74 bits per heavy atom. The highest BCUT2D eigenvalue weighted by atomic mass is 32.2. The minimum absolute atomic E-state index is 0.0293. The predicted molar refractivity (Wildman–Crippen MR) is 144 cm³/mol. The maximum atomic E-state index is 12.8. The lowest BCUT2D eigenvalue weighted by Crippen LogP contribution is -2.17. The highest BCUT2D eigenvalue weighted by Crippen LogP contribution is 2.41. The SMILES string of the molecule is CCOC(=O)c1c(NC(=O)CSc2nnc(-c3cc(OC)c(OC)c(OC)c3)n2CC)sc(C(N)=O)c1C. The monoisotopic (exact) mass is 563 g/mol. The van der Waals surface area contributed by atoms with Crippen molar-refractivity contribution in [2.45, 2.75) is 32.5 Å². The number of carbonyl (C=O) groups excluding carboxylic acids is 3. The van der Waals surface area contributed by atoms with Crippen molar-refractivity contribution in [1.29, 1.82) is 0 Å². The first kappa shape index (κ1) is 28.8. The number of ether oxygens (including phenoxy) is 4. The fraction of sp³-hybridized carbons (Fsp3) is 0.375. The largest absolute Gasteiger partial charge is 0.493 e. The van der Waals surface area contributed by atoms with Gasteiger partial charge in [-0.05, 0) is 38.5 Å². The Balaban J connectivity index is 1.83. The van der Waals surface area contributed by atoms with Crippen molar-refractivity contribution in [3.8, 4) is 28.6 Å². The molecular formula is C24H29N5O7S2. The second-order valence-electron chi connectivity index (χ2n) is 7.65. The third-order valence-electron chi connectivity index (χ3n) is 5.39. The number of esters is 1. The summed E-state index contributed by atoms with van der Waals surface area (Å²) in [6.07, 6.45) is 0. The molecule has 2 aromatic heterocycles. The number of anilines is 1. The first-order valence-electron chi connectivity index (χ1n) is 11.5. The van der Waals surface area contributed by atoms with E-state index in [0.717, 1.165) is 11.3 Å². The molecule has 0 saturated heterocycles. The van der Waals surface area contributed by atoms with Crippen LogP contribution < -0.4 is 25.3 Å². The minimum Gasteiger partial charge on any atom is -0.493 e. The van der Waals surface area contributed by atoms with Crippen LogP contribution in [-0.4, -0.2) is 66.2 Å². The Morgan fingerprint density at radius 1 is 1.08 bits per heavy atom. The van der Waals surface area contributed by atoms with Crippen LogP contribution in [0.3, 0.4) is 0 Å². The summed E-state index contributed by atoms with van der Waals surface area (Å²) >= 11 is 2.10. The number of hydrogen-bond donors (Lipinski definition) is 2. The zero-order valence-corrected chi connectivity index (χ0v) is 23.5.